The van der Waals surface area contributed by atoms with E-state index in [4.69, 9.17) is 5.84 Å². The van der Waals surface area contributed by atoms with Crippen molar-refractivity contribution in [2.75, 3.05) is 37.4 Å². The second-order valence-corrected chi connectivity index (χ2v) is 5.61. The van der Waals surface area contributed by atoms with Gasteiger partial charge in [0, 0.05) is 25.1 Å². The highest BCUT2D eigenvalue weighted by Crippen LogP contribution is 2.21. The number of nitrogen functional groups attached to an aromatic ring is 1. The molecule has 20 heavy (non-hydrogen) atoms. The molecule has 1 atom stereocenters. The lowest BCUT2D eigenvalue weighted by Crippen LogP contribution is -2.35. The first-order chi connectivity index (χ1) is 9.63. The number of nitrogens with zero attached hydrogens (tertiary/aromatic N) is 3. The summed E-state index contributed by atoms with van der Waals surface area (Å²) < 4.78 is 0. The second-order valence-electron chi connectivity index (χ2n) is 5.61. The van der Waals surface area contributed by atoms with Crippen molar-refractivity contribution in [3.8, 4) is 0 Å². The normalized spacial score (nSPS) is 19.9. The Bertz CT molecular complexity index is 448. The van der Waals surface area contributed by atoms with Gasteiger partial charge in [0.1, 0.15) is 17.5 Å². The van der Waals surface area contributed by atoms with Crippen LogP contribution >= 0.6 is 0 Å². The first-order valence-corrected chi connectivity index (χ1v) is 7.40. The largest absolute Gasteiger partial charge is 0.369 e. The monoisotopic (exact) mass is 278 g/mol. The van der Waals surface area contributed by atoms with Gasteiger partial charge in [-0.25, -0.2) is 15.8 Å². The molecule has 0 spiro atoms. The zero-order valence-corrected chi connectivity index (χ0v) is 12.7. The van der Waals surface area contributed by atoms with E-state index in [0.717, 1.165) is 36.7 Å². The topological polar surface area (TPSA) is 79.1 Å². The Balaban J connectivity index is 2.04. The Labute approximate surface area is 121 Å². The van der Waals surface area contributed by atoms with Gasteiger partial charge in [0.05, 0.1) is 0 Å². The van der Waals surface area contributed by atoms with E-state index in [1.807, 2.05) is 13.8 Å². The third-order valence-electron chi connectivity index (χ3n) is 3.93. The number of anilines is 2. The third kappa shape index (κ3) is 3.58. The number of aromatic nitrogens is 2. The first-order valence-electron chi connectivity index (χ1n) is 7.40. The van der Waals surface area contributed by atoms with Crippen LogP contribution in [0.25, 0.3) is 0 Å². The molecular weight excluding hydrogens is 252 g/mol. The Hall–Kier alpha value is -1.40. The molecule has 1 aromatic heterocycles. The summed E-state index contributed by atoms with van der Waals surface area (Å²) in [5.41, 5.74) is 3.64. The number of nitrogens with two attached hydrogens (primary N) is 1. The predicted molar refractivity (Wildman–Crippen MR) is 82.7 cm³/mol. The van der Waals surface area contributed by atoms with Crippen molar-refractivity contribution in [2.45, 2.75) is 33.1 Å². The molecule has 1 saturated heterocycles. The van der Waals surface area contributed by atoms with Crippen LogP contribution in [0, 0.1) is 12.8 Å². The molecule has 2 rings (SSSR count). The summed E-state index contributed by atoms with van der Waals surface area (Å²) in [6.45, 7) is 7.36. The standard InChI is InChI=1S/C14H26N6/c1-4-12-17-13(10(2)14(18-12)19-15)16-8-11-6-5-7-20(3)9-11/h11H,4-9,15H2,1-3H3,(H2,16,17,18,19). The molecule has 2 heterocycles. The zero-order chi connectivity index (χ0) is 14.5. The predicted octanol–water partition coefficient (Wildman–Crippen LogP) is 1.39. The number of hydrogen-bond donors (Lipinski definition) is 3. The number of likely N-dealkylation sites (tertiary alicyclic amines) is 1. The maximum Gasteiger partial charge on any atom is 0.148 e. The van der Waals surface area contributed by atoms with Gasteiger partial charge in [-0.1, -0.05) is 6.92 Å². The quantitative estimate of drug-likeness (QED) is 0.558. The van der Waals surface area contributed by atoms with E-state index in [-0.39, 0.29) is 0 Å². The second kappa shape index (κ2) is 6.85. The molecule has 1 aliphatic rings. The molecule has 6 heteroatoms. The maximum atomic E-state index is 5.53. The minimum atomic E-state index is 0.683. The van der Waals surface area contributed by atoms with E-state index in [0.29, 0.717) is 11.7 Å². The average Bonchev–Trinajstić information content (AvgIpc) is 2.46. The summed E-state index contributed by atoms with van der Waals surface area (Å²) in [6, 6.07) is 0. The van der Waals surface area contributed by atoms with Crippen LogP contribution in [0.3, 0.4) is 0 Å². The van der Waals surface area contributed by atoms with Crippen LogP contribution < -0.4 is 16.6 Å². The van der Waals surface area contributed by atoms with E-state index in [1.54, 1.807) is 0 Å². The van der Waals surface area contributed by atoms with Crippen molar-refractivity contribution in [1.29, 1.82) is 0 Å². The molecule has 1 fully saturated rings. The lowest BCUT2D eigenvalue weighted by Gasteiger charge is -2.30. The van der Waals surface area contributed by atoms with Crippen LogP contribution in [0.15, 0.2) is 0 Å². The Morgan fingerprint density at radius 3 is 2.75 bits per heavy atom. The number of piperidine rings is 1. The van der Waals surface area contributed by atoms with E-state index in [2.05, 4.69) is 32.7 Å². The van der Waals surface area contributed by atoms with Gasteiger partial charge < -0.3 is 15.6 Å². The average molecular weight is 278 g/mol. The van der Waals surface area contributed by atoms with Crippen LogP contribution in [0.2, 0.25) is 0 Å². The van der Waals surface area contributed by atoms with Crippen LogP contribution in [0.1, 0.15) is 31.2 Å². The van der Waals surface area contributed by atoms with Crippen LogP contribution in [-0.2, 0) is 6.42 Å². The van der Waals surface area contributed by atoms with Crippen LogP contribution in [0.4, 0.5) is 11.6 Å². The van der Waals surface area contributed by atoms with Gasteiger partial charge in [0.25, 0.3) is 0 Å². The summed E-state index contributed by atoms with van der Waals surface area (Å²) in [5, 5.41) is 3.48. The molecule has 6 nitrogen and oxygen atoms in total. The molecule has 0 radical (unpaired) electrons. The smallest absolute Gasteiger partial charge is 0.148 e. The number of hydrogen-bond acceptors (Lipinski definition) is 6. The summed E-state index contributed by atoms with van der Waals surface area (Å²) in [6.07, 6.45) is 3.36. The molecule has 112 valence electrons. The summed E-state index contributed by atoms with van der Waals surface area (Å²) >= 11 is 0. The maximum absolute atomic E-state index is 5.53. The summed E-state index contributed by atoms with van der Waals surface area (Å²) in [7, 11) is 2.19. The molecule has 1 unspecified atom stereocenters. The molecule has 1 aromatic rings. The Morgan fingerprint density at radius 1 is 1.35 bits per heavy atom. The Kier molecular flexibility index (Phi) is 5.14. The number of hydrazine groups is 1. The van der Waals surface area contributed by atoms with Crippen molar-refractivity contribution in [1.82, 2.24) is 14.9 Å². The van der Waals surface area contributed by atoms with E-state index in [1.165, 1.54) is 19.4 Å². The molecule has 1 aliphatic heterocycles. The fourth-order valence-electron chi connectivity index (χ4n) is 2.71. The van der Waals surface area contributed by atoms with Gasteiger partial charge in [-0.3, -0.25) is 0 Å². The highest BCUT2D eigenvalue weighted by molar-refractivity contribution is 5.56. The molecule has 4 N–H and O–H groups in total. The SMILES string of the molecule is CCc1nc(NN)c(C)c(NCC2CCCN(C)C2)n1. The number of nitrogens with one attached hydrogen (secondary N) is 2. The minimum absolute atomic E-state index is 0.683. The van der Waals surface area contributed by atoms with E-state index < -0.39 is 0 Å². The van der Waals surface area contributed by atoms with Gasteiger partial charge in [0.15, 0.2) is 0 Å². The third-order valence-corrected chi connectivity index (χ3v) is 3.93. The fraction of sp³-hybridized carbons (Fsp3) is 0.714. The van der Waals surface area contributed by atoms with Gasteiger partial charge in [-0.05, 0) is 39.3 Å². The van der Waals surface area contributed by atoms with Crippen LogP contribution in [-0.4, -0.2) is 41.5 Å². The van der Waals surface area contributed by atoms with E-state index in [9.17, 15) is 0 Å². The molecule has 0 aromatic carbocycles. The first kappa shape index (κ1) is 15.0. The highest BCUT2D eigenvalue weighted by atomic mass is 15.3. The van der Waals surface area contributed by atoms with Gasteiger partial charge in [0.2, 0.25) is 0 Å². The summed E-state index contributed by atoms with van der Waals surface area (Å²) in [4.78, 5) is 11.3. The Morgan fingerprint density at radius 2 is 2.10 bits per heavy atom. The van der Waals surface area contributed by atoms with Crippen LogP contribution in [0.5, 0.6) is 0 Å². The summed E-state index contributed by atoms with van der Waals surface area (Å²) in [5.74, 6) is 8.63. The molecule has 0 amide bonds. The number of aryl methyl sites for hydroxylation is 1. The molecule has 0 bridgehead atoms. The molecular formula is C14H26N6. The highest BCUT2D eigenvalue weighted by Gasteiger charge is 2.18. The van der Waals surface area contributed by atoms with Gasteiger partial charge in [-0.2, -0.15) is 0 Å². The minimum Gasteiger partial charge on any atom is -0.369 e. The molecule has 0 saturated carbocycles. The fourth-order valence-corrected chi connectivity index (χ4v) is 2.71. The van der Waals surface area contributed by atoms with Crippen molar-refractivity contribution >= 4 is 11.6 Å². The number of rotatable bonds is 5. The van der Waals surface area contributed by atoms with Crippen molar-refractivity contribution in [3.05, 3.63) is 11.4 Å². The lowest BCUT2D eigenvalue weighted by atomic mass is 9.98. The van der Waals surface area contributed by atoms with Gasteiger partial charge in [-0.15, -0.1) is 0 Å². The molecule has 0 aliphatic carbocycles. The lowest BCUT2D eigenvalue weighted by molar-refractivity contribution is 0.217. The van der Waals surface area contributed by atoms with E-state index >= 15 is 0 Å². The van der Waals surface area contributed by atoms with Crippen molar-refractivity contribution in [3.63, 3.8) is 0 Å². The van der Waals surface area contributed by atoms with Crippen molar-refractivity contribution in [2.24, 2.45) is 11.8 Å². The zero-order valence-electron chi connectivity index (χ0n) is 12.7. The van der Waals surface area contributed by atoms with Gasteiger partial charge >= 0.3 is 0 Å². The van der Waals surface area contributed by atoms with Crippen molar-refractivity contribution < 1.29 is 0 Å².